The largest absolute Gasteiger partial charge is 0.309 e. The Morgan fingerprint density at radius 2 is 1.84 bits per heavy atom. The van der Waals surface area contributed by atoms with Gasteiger partial charge in [-0.1, -0.05) is 23.8 Å². The van der Waals surface area contributed by atoms with E-state index in [0.29, 0.717) is 6.54 Å². The number of hydrogen-bond acceptors (Lipinski definition) is 3. The molecule has 0 aliphatic rings. The van der Waals surface area contributed by atoms with E-state index in [-0.39, 0.29) is 6.04 Å². The Morgan fingerprint density at radius 3 is 2.32 bits per heavy atom. The molecular formula is C15H25NO2S. The maximum atomic E-state index is 11.7. The molecule has 1 atom stereocenters. The maximum Gasteiger partial charge on any atom is 0.153 e. The van der Waals surface area contributed by atoms with Crippen LogP contribution < -0.4 is 5.32 Å². The van der Waals surface area contributed by atoms with Gasteiger partial charge in [0.1, 0.15) is 0 Å². The third-order valence-corrected chi connectivity index (χ3v) is 5.88. The Bertz CT molecular complexity index is 547. The Morgan fingerprint density at radius 1 is 1.26 bits per heavy atom. The highest BCUT2D eigenvalue weighted by atomic mass is 32.2. The molecule has 3 nitrogen and oxygen atoms in total. The molecule has 1 rings (SSSR count). The molecule has 0 amide bonds. The fourth-order valence-electron chi connectivity index (χ4n) is 1.95. The van der Waals surface area contributed by atoms with Gasteiger partial charge >= 0.3 is 0 Å². The zero-order valence-corrected chi connectivity index (χ0v) is 13.6. The van der Waals surface area contributed by atoms with Crippen LogP contribution in [0, 0.1) is 13.8 Å². The van der Waals surface area contributed by atoms with Gasteiger partial charge in [-0.3, -0.25) is 0 Å². The van der Waals surface area contributed by atoms with Crippen LogP contribution in [0.3, 0.4) is 0 Å². The first kappa shape index (κ1) is 16.2. The molecule has 0 bridgehead atoms. The molecule has 1 aromatic carbocycles. The van der Waals surface area contributed by atoms with Gasteiger partial charge < -0.3 is 5.32 Å². The van der Waals surface area contributed by atoms with Gasteiger partial charge in [0.05, 0.1) is 4.75 Å². The molecule has 1 aromatic rings. The predicted molar refractivity (Wildman–Crippen MR) is 81.3 cm³/mol. The van der Waals surface area contributed by atoms with E-state index in [4.69, 9.17) is 0 Å². The Balaban J connectivity index is 2.79. The first-order valence-electron chi connectivity index (χ1n) is 6.55. The Kier molecular flexibility index (Phi) is 4.80. The van der Waals surface area contributed by atoms with Crippen molar-refractivity contribution in [2.75, 3.05) is 12.8 Å². The van der Waals surface area contributed by atoms with Crippen LogP contribution in [0.2, 0.25) is 0 Å². The van der Waals surface area contributed by atoms with Crippen molar-refractivity contribution >= 4 is 9.84 Å². The highest BCUT2D eigenvalue weighted by molar-refractivity contribution is 7.92. The predicted octanol–water partition coefficient (Wildman–Crippen LogP) is 2.78. The minimum Gasteiger partial charge on any atom is -0.309 e. The van der Waals surface area contributed by atoms with Gasteiger partial charge in [0, 0.05) is 18.8 Å². The van der Waals surface area contributed by atoms with Crippen LogP contribution in [0.5, 0.6) is 0 Å². The summed E-state index contributed by atoms with van der Waals surface area (Å²) in [6.07, 6.45) is 1.29. The monoisotopic (exact) mass is 283 g/mol. The van der Waals surface area contributed by atoms with Crippen LogP contribution in [0.4, 0.5) is 0 Å². The molecule has 4 heteroatoms. The van der Waals surface area contributed by atoms with Crippen molar-refractivity contribution in [2.45, 2.75) is 45.4 Å². The molecule has 0 aliphatic heterocycles. The average molecular weight is 283 g/mol. The van der Waals surface area contributed by atoms with Crippen molar-refractivity contribution in [1.29, 1.82) is 0 Å². The third kappa shape index (κ3) is 4.05. The standard InChI is InChI=1S/C15H25NO2S/c1-11-7-8-14(12(2)9-11)13(3)16-10-15(4,5)19(6,17)18/h7-9,13,16H,10H2,1-6H3. The molecule has 0 spiro atoms. The van der Waals surface area contributed by atoms with E-state index in [2.05, 4.69) is 44.3 Å². The van der Waals surface area contributed by atoms with E-state index in [0.717, 1.165) is 0 Å². The van der Waals surface area contributed by atoms with Crippen molar-refractivity contribution in [2.24, 2.45) is 0 Å². The molecule has 108 valence electrons. The van der Waals surface area contributed by atoms with Crippen molar-refractivity contribution in [1.82, 2.24) is 5.32 Å². The van der Waals surface area contributed by atoms with Gasteiger partial charge in [-0.25, -0.2) is 8.42 Å². The van der Waals surface area contributed by atoms with Crippen LogP contribution >= 0.6 is 0 Å². The van der Waals surface area contributed by atoms with Crippen molar-refractivity contribution in [3.05, 3.63) is 34.9 Å². The van der Waals surface area contributed by atoms with Gasteiger partial charge in [0.15, 0.2) is 9.84 Å². The first-order valence-corrected chi connectivity index (χ1v) is 8.44. The summed E-state index contributed by atoms with van der Waals surface area (Å²) >= 11 is 0. The molecule has 1 N–H and O–H groups in total. The molecule has 0 aliphatic carbocycles. The average Bonchev–Trinajstić information content (AvgIpc) is 2.24. The zero-order chi connectivity index (χ0) is 14.8. The number of benzene rings is 1. The van der Waals surface area contributed by atoms with E-state index in [1.54, 1.807) is 13.8 Å². The summed E-state index contributed by atoms with van der Waals surface area (Å²) in [7, 11) is -3.06. The summed E-state index contributed by atoms with van der Waals surface area (Å²) in [4.78, 5) is 0. The summed E-state index contributed by atoms with van der Waals surface area (Å²) < 4.78 is 22.6. The molecule has 0 saturated heterocycles. The molecule has 1 unspecified atom stereocenters. The van der Waals surface area contributed by atoms with Gasteiger partial charge in [-0.2, -0.15) is 0 Å². The number of aryl methyl sites for hydroxylation is 2. The minimum absolute atomic E-state index is 0.140. The molecule has 0 aromatic heterocycles. The van der Waals surface area contributed by atoms with E-state index < -0.39 is 14.6 Å². The molecule has 0 saturated carbocycles. The van der Waals surface area contributed by atoms with Crippen molar-refractivity contribution in [3.63, 3.8) is 0 Å². The summed E-state index contributed by atoms with van der Waals surface area (Å²) in [6.45, 7) is 10.2. The summed E-state index contributed by atoms with van der Waals surface area (Å²) in [5.74, 6) is 0. The molecule has 0 heterocycles. The Hall–Kier alpha value is -0.870. The lowest BCUT2D eigenvalue weighted by Crippen LogP contribution is -2.42. The van der Waals surface area contributed by atoms with Crippen LogP contribution in [0.1, 0.15) is 43.5 Å². The molecule has 0 radical (unpaired) electrons. The molecule has 19 heavy (non-hydrogen) atoms. The number of rotatable bonds is 5. The van der Waals surface area contributed by atoms with Gasteiger partial charge in [-0.05, 0) is 45.7 Å². The van der Waals surface area contributed by atoms with Gasteiger partial charge in [-0.15, -0.1) is 0 Å². The summed E-state index contributed by atoms with van der Waals surface area (Å²) in [5.41, 5.74) is 3.69. The van der Waals surface area contributed by atoms with E-state index >= 15 is 0 Å². The lowest BCUT2D eigenvalue weighted by atomic mass is 10.00. The van der Waals surface area contributed by atoms with E-state index in [1.165, 1.54) is 22.9 Å². The summed E-state index contributed by atoms with van der Waals surface area (Å²) in [6, 6.07) is 6.48. The SMILES string of the molecule is Cc1ccc(C(C)NCC(C)(C)S(C)(=O)=O)c(C)c1. The molecule has 0 fully saturated rings. The second kappa shape index (κ2) is 5.63. The Labute approximate surface area is 117 Å². The highest BCUT2D eigenvalue weighted by Gasteiger charge is 2.30. The lowest BCUT2D eigenvalue weighted by Gasteiger charge is -2.26. The molecular weight excluding hydrogens is 258 g/mol. The van der Waals surface area contributed by atoms with Crippen LogP contribution in [-0.2, 0) is 9.84 Å². The minimum atomic E-state index is -3.06. The van der Waals surface area contributed by atoms with E-state index in [9.17, 15) is 8.42 Å². The number of hydrogen-bond donors (Lipinski definition) is 1. The van der Waals surface area contributed by atoms with Gasteiger partial charge in [0.2, 0.25) is 0 Å². The normalized spacial score (nSPS) is 14.4. The van der Waals surface area contributed by atoms with Crippen LogP contribution in [0.25, 0.3) is 0 Å². The fourth-order valence-corrected chi connectivity index (χ4v) is 2.30. The first-order chi connectivity index (χ1) is 8.54. The quantitative estimate of drug-likeness (QED) is 0.904. The fraction of sp³-hybridized carbons (Fsp3) is 0.600. The maximum absolute atomic E-state index is 11.7. The third-order valence-electron chi connectivity index (χ3n) is 3.73. The van der Waals surface area contributed by atoms with E-state index in [1.807, 2.05) is 0 Å². The number of sulfone groups is 1. The second-order valence-electron chi connectivity index (χ2n) is 5.99. The lowest BCUT2D eigenvalue weighted by molar-refractivity contribution is 0.488. The van der Waals surface area contributed by atoms with Crippen LogP contribution in [0.15, 0.2) is 18.2 Å². The van der Waals surface area contributed by atoms with Crippen molar-refractivity contribution < 1.29 is 8.42 Å². The highest BCUT2D eigenvalue weighted by Crippen LogP contribution is 2.20. The second-order valence-corrected chi connectivity index (χ2v) is 8.64. The van der Waals surface area contributed by atoms with Crippen molar-refractivity contribution in [3.8, 4) is 0 Å². The number of nitrogens with one attached hydrogen (secondary N) is 1. The zero-order valence-electron chi connectivity index (χ0n) is 12.7. The summed E-state index contributed by atoms with van der Waals surface area (Å²) in [5, 5.41) is 3.33. The van der Waals surface area contributed by atoms with Crippen LogP contribution in [-0.4, -0.2) is 26.0 Å². The van der Waals surface area contributed by atoms with Gasteiger partial charge in [0.25, 0.3) is 0 Å². The topological polar surface area (TPSA) is 46.2 Å². The smallest absolute Gasteiger partial charge is 0.153 e.